The highest BCUT2D eigenvalue weighted by atomic mass is 16.7. The van der Waals surface area contributed by atoms with Gasteiger partial charge in [-0.15, -0.1) is 0 Å². The summed E-state index contributed by atoms with van der Waals surface area (Å²) in [5, 5.41) is 0. The predicted molar refractivity (Wildman–Crippen MR) is 113 cm³/mol. The van der Waals surface area contributed by atoms with Gasteiger partial charge in [0.25, 0.3) is 0 Å². The average Bonchev–Trinajstić information content (AvgIpc) is 2.64. The summed E-state index contributed by atoms with van der Waals surface area (Å²) in [5.41, 5.74) is 0. The van der Waals surface area contributed by atoms with Crippen LogP contribution in [0.2, 0.25) is 0 Å². The Morgan fingerprint density at radius 2 is 1.17 bits per heavy atom. The van der Waals surface area contributed by atoms with Gasteiger partial charge < -0.3 is 18.9 Å². The minimum atomic E-state index is -0.621. The van der Waals surface area contributed by atoms with E-state index >= 15 is 0 Å². The van der Waals surface area contributed by atoms with Crippen LogP contribution < -0.4 is 0 Å². The number of rotatable bonds is 13. The molecule has 2 unspecified atom stereocenters. The number of unbranched alkanes of at least 4 members (excludes halogenated alkanes) is 3. The molecule has 1 fully saturated rings. The first-order valence-electron chi connectivity index (χ1n) is 11.5. The number of hydrogen-bond donors (Lipinski definition) is 0. The summed E-state index contributed by atoms with van der Waals surface area (Å²) >= 11 is 0. The molecule has 6 nitrogen and oxygen atoms in total. The van der Waals surface area contributed by atoms with Crippen LogP contribution in [-0.4, -0.2) is 37.7 Å². The van der Waals surface area contributed by atoms with Gasteiger partial charge in [0.15, 0.2) is 0 Å². The fraction of sp³-hybridized carbons (Fsp3) is 0.913. The van der Waals surface area contributed by atoms with Crippen LogP contribution in [0.15, 0.2) is 0 Å². The maximum atomic E-state index is 11.9. The summed E-state index contributed by atoms with van der Waals surface area (Å²) in [6.07, 6.45) is 8.45. The molecule has 1 saturated carbocycles. The van der Waals surface area contributed by atoms with E-state index < -0.39 is 12.3 Å². The van der Waals surface area contributed by atoms with Crippen LogP contribution in [0, 0.1) is 11.8 Å². The maximum Gasteiger partial charge on any atom is 0.508 e. The van der Waals surface area contributed by atoms with Crippen molar-refractivity contribution in [3.8, 4) is 0 Å². The second kappa shape index (κ2) is 15.4. The number of hydrogen-bond acceptors (Lipinski definition) is 6. The first kappa shape index (κ1) is 25.6. The zero-order chi connectivity index (χ0) is 21.5. The van der Waals surface area contributed by atoms with Crippen molar-refractivity contribution < 1.29 is 28.5 Å². The Morgan fingerprint density at radius 1 is 0.724 bits per heavy atom. The van der Waals surface area contributed by atoms with E-state index in [0.717, 1.165) is 57.8 Å². The minimum Gasteiger partial charge on any atom is -0.434 e. The summed E-state index contributed by atoms with van der Waals surface area (Å²) in [5.74, 6) is 1.38. The van der Waals surface area contributed by atoms with E-state index in [9.17, 15) is 9.59 Å². The fourth-order valence-corrected chi connectivity index (χ4v) is 3.45. The Morgan fingerprint density at radius 3 is 1.66 bits per heavy atom. The standard InChI is InChI=1S/C23H42O6/c1-18(2)11-6-5-8-15-26-22(24)28-20-13-10-14-21(17-20)29-23(25)27-16-9-7-12-19(3)4/h18-21H,5-17H2,1-4H3. The molecule has 6 heteroatoms. The van der Waals surface area contributed by atoms with Crippen molar-refractivity contribution in [2.45, 2.75) is 111 Å². The van der Waals surface area contributed by atoms with Gasteiger partial charge in [-0.05, 0) is 50.4 Å². The van der Waals surface area contributed by atoms with Crippen LogP contribution in [0.4, 0.5) is 9.59 Å². The third-order valence-electron chi connectivity index (χ3n) is 5.15. The maximum absolute atomic E-state index is 11.9. The molecule has 0 heterocycles. The molecule has 0 aromatic carbocycles. The molecular formula is C23H42O6. The fourth-order valence-electron chi connectivity index (χ4n) is 3.45. The molecule has 0 aliphatic heterocycles. The van der Waals surface area contributed by atoms with Crippen LogP contribution in [0.5, 0.6) is 0 Å². The largest absolute Gasteiger partial charge is 0.508 e. The lowest BCUT2D eigenvalue weighted by molar-refractivity contribution is -0.0350. The van der Waals surface area contributed by atoms with Crippen LogP contribution >= 0.6 is 0 Å². The van der Waals surface area contributed by atoms with Gasteiger partial charge in [0.1, 0.15) is 12.2 Å². The molecule has 0 aromatic rings. The van der Waals surface area contributed by atoms with Crippen molar-refractivity contribution in [1.82, 2.24) is 0 Å². The van der Waals surface area contributed by atoms with Crippen molar-refractivity contribution in [3.63, 3.8) is 0 Å². The van der Waals surface area contributed by atoms with Crippen molar-refractivity contribution in [2.24, 2.45) is 11.8 Å². The van der Waals surface area contributed by atoms with E-state index in [2.05, 4.69) is 27.7 Å². The lowest BCUT2D eigenvalue weighted by atomic mass is 9.95. The predicted octanol–water partition coefficient (Wildman–Crippen LogP) is 6.65. The van der Waals surface area contributed by atoms with Crippen molar-refractivity contribution in [2.75, 3.05) is 13.2 Å². The van der Waals surface area contributed by atoms with Crippen molar-refractivity contribution in [3.05, 3.63) is 0 Å². The van der Waals surface area contributed by atoms with E-state index in [0.29, 0.717) is 31.5 Å². The minimum absolute atomic E-state index is 0.263. The summed E-state index contributed by atoms with van der Waals surface area (Å²) in [7, 11) is 0. The van der Waals surface area contributed by atoms with Gasteiger partial charge in [0.05, 0.1) is 13.2 Å². The molecule has 1 aliphatic carbocycles. The van der Waals surface area contributed by atoms with E-state index in [1.165, 1.54) is 6.42 Å². The Kier molecular flexibility index (Phi) is 13.6. The summed E-state index contributed by atoms with van der Waals surface area (Å²) < 4.78 is 21.1. The number of ether oxygens (including phenoxy) is 4. The Labute approximate surface area is 177 Å². The average molecular weight is 415 g/mol. The van der Waals surface area contributed by atoms with Gasteiger partial charge in [0, 0.05) is 6.42 Å². The third-order valence-corrected chi connectivity index (χ3v) is 5.15. The molecular weight excluding hydrogens is 372 g/mol. The van der Waals surface area contributed by atoms with E-state index in [4.69, 9.17) is 18.9 Å². The molecule has 170 valence electrons. The highest BCUT2D eigenvalue weighted by molar-refractivity contribution is 5.60. The molecule has 2 atom stereocenters. The topological polar surface area (TPSA) is 71.1 Å². The molecule has 0 saturated heterocycles. The van der Waals surface area contributed by atoms with Crippen LogP contribution in [0.1, 0.15) is 98.3 Å². The normalized spacial score (nSPS) is 19.2. The van der Waals surface area contributed by atoms with E-state index in [1.54, 1.807) is 0 Å². The second-order valence-corrected chi connectivity index (χ2v) is 8.98. The van der Waals surface area contributed by atoms with Crippen molar-refractivity contribution in [1.29, 1.82) is 0 Å². The lowest BCUT2D eigenvalue weighted by Gasteiger charge is -2.28. The highest BCUT2D eigenvalue weighted by Crippen LogP contribution is 2.24. The molecule has 0 spiro atoms. The molecule has 29 heavy (non-hydrogen) atoms. The van der Waals surface area contributed by atoms with Gasteiger partial charge in [0.2, 0.25) is 0 Å². The van der Waals surface area contributed by atoms with Crippen LogP contribution in [0.3, 0.4) is 0 Å². The molecule has 1 aliphatic rings. The second-order valence-electron chi connectivity index (χ2n) is 8.98. The Bertz CT molecular complexity index is 449. The molecule has 1 rings (SSSR count). The molecule has 0 N–H and O–H groups in total. The lowest BCUT2D eigenvalue weighted by Crippen LogP contribution is -2.32. The third kappa shape index (κ3) is 14.2. The van der Waals surface area contributed by atoms with E-state index in [1.807, 2.05) is 0 Å². The van der Waals surface area contributed by atoms with Crippen molar-refractivity contribution >= 4 is 12.3 Å². The van der Waals surface area contributed by atoms with Gasteiger partial charge in [-0.25, -0.2) is 9.59 Å². The number of carbonyl (C=O) groups excluding carboxylic acids is 2. The van der Waals surface area contributed by atoms with Gasteiger partial charge in [-0.3, -0.25) is 0 Å². The van der Waals surface area contributed by atoms with Crippen LogP contribution in [0.25, 0.3) is 0 Å². The Hall–Kier alpha value is -1.46. The van der Waals surface area contributed by atoms with Gasteiger partial charge in [-0.1, -0.05) is 53.4 Å². The summed E-state index contributed by atoms with van der Waals surface area (Å²) in [6.45, 7) is 9.57. The molecule has 0 bridgehead atoms. The summed E-state index contributed by atoms with van der Waals surface area (Å²) in [6, 6.07) is 0. The smallest absolute Gasteiger partial charge is 0.434 e. The molecule has 0 radical (unpaired) electrons. The quantitative estimate of drug-likeness (QED) is 0.248. The zero-order valence-corrected chi connectivity index (χ0v) is 19.0. The van der Waals surface area contributed by atoms with Crippen LogP contribution in [-0.2, 0) is 18.9 Å². The highest BCUT2D eigenvalue weighted by Gasteiger charge is 2.28. The SMILES string of the molecule is CC(C)CCCCCOC(=O)OC1CCCC(OC(=O)OCCCCC(C)C)C1. The van der Waals surface area contributed by atoms with Gasteiger partial charge >= 0.3 is 12.3 Å². The number of carbonyl (C=O) groups is 2. The van der Waals surface area contributed by atoms with Gasteiger partial charge in [-0.2, -0.15) is 0 Å². The molecule has 0 amide bonds. The summed E-state index contributed by atoms with van der Waals surface area (Å²) in [4.78, 5) is 23.7. The monoisotopic (exact) mass is 414 g/mol. The Balaban J connectivity index is 2.12. The first-order chi connectivity index (χ1) is 13.9. The first-order valence-corrected chi connectivity index (χ1v) is 11.5. The molecule has 0 aromatic heterocycles. The zero-order valence-electron chi connectivity index (χ0n) is 19.0. The van der Waals surface area contributed by atoms with E-state index in [-0.39, 0.29) is 12.2 Å².